The summed E-state index contributed by atoms with van der Waals surface area (Å²) >= 11 is 0. The number of rotatable bonds is 19. The minimum atomic E-state index is -2.65. The summed E-state index contributed by atoms with van der Waals surface area (Å²) in [4.78, 5) is 73.8. The number of nitrogens with one attached hydrogen (secondary N) is 1. The number of carbonyl (C=O) groups excluding carboxylic acids is 5. The van der Waals surface area contributed by atoms with Crippen LogP contribution < -0.4 is 5.32 Å². The molecule has 0 aromatic heterocycles. The number of fused-ring (bicyclic) bond motifs is 3. The van der Waals surface area contributed by atoms with E-state index in [1.165, 1.54) is 6.92 Å². The van der Waals surface area contributed by atoms with Crippen molar-refractivity contribution < 1.29 is 66.7 Å². The van der Waals surface area contributed by atoms with Gasteiger partial charge in [0.05, 0.1) is 41.3 Å². The molecule has 2 saturated carbocycles. The molecule has 4 aliphatic rings. The van der Waals surface area contributed by atoms with Gasteiger partial charge < -0.3 is 48.1 Å². The highest BCUT2D eigenvalue weighted by Crippen LogP contribution is 2.68. The fraction of sp³-hybridized carbons (Fsp3) is 0.764. The van der Waals surface area contributed by atoms with Crippen molar-refractivity contribution in [3.8, 4) is 0 Å². The van der Waals surface area contributed by atoms with Gasteiger partial charge in [-0.15, -0.1) is 0 Å². The molecule has 1 aromatic carbocycles. The number of ketones is 1. The van der Waals surface area contributed by atoms with Crippen molar-refractivity contribution in [2.75, 3.05) is 6.61 Å². The van der Waals surface area contributed by atoms with Crippen LogP contribution in [0.15, 0.2) is 41.5 Å². The zero-order valence-corrected chi connectivity index (χ0v) is 48.4. The largest absolute Gasteiger partial charge is 0.462 e. The van der Waals surface area contributed by atoms with Gasteiger partial charge in [-0.25, -0.2) is 14.4 Å². The topological polar surface area (TPSA) is 202 Å². The average Bonchev–Trinajstić information content (AvgIpc) is 3.47. The maximum Gasteiger partial charge on any atom is 0.407 e. The van der Waals surface area contributed by atoms with Crippen molar-refractivity contribution in [1.82, 2.24) is 5.32 Å². The normalized spacial score (nSPS) is 30.5. The third-order valence-electron chi connectivity index (χ3n) is 17.5. The van der Waals surface area contributed by atoms with E-state index in [9.17, 15) is 24.6 Å². The molecule has 17 heteroatoms. The van der Waals surface area contributed by atoms with E-state index in [4.69, 9.17) is 32.5 Å². The van der Waals surface area contributed by atoms with Crippen LogP contribution in [0.4, 0.5) is 4.79 Å². The number of carbonyl (C=O) groups is 5. The smallest absolute Gasteiger partial charge is 0.407 e. The summed E-state index contributed by atoms with van der Waals surface area (Å²) in [5.74, 6) is -2.96. The lowest BCUT2D eigenvalue weighted by molar-refractivity contribution is -0.280. The number of aliphatic hydroxyl groups is 2. The van der Waals surface area contributed by atoms with Gasteiger partial charge in [-0.1, -0.05) is 87.4 Å². The summed E-state index contributed by atoms with van der Waals surface area (Å²) in [7, 11) is -5.27. The third kappa shape index (κ3) is 11.2. The summed E-state index contributed by atoms with van der Waals surface area (Å²) in [6.45, 7) is 29.8. The molecule has 4 bridgehead atoms. The Labute approximate surface area is 431 Å². The first-order chi connectivity index (χ1) is 33.5. The number of benzene rings is 1. The molecule has 1 saturated heterocycles. The maximum absolute atomic E-state index is 16.4. The van der Waals surface area contributed by atoms with E-state index in [0.29, 0.717) is 30.1 Å². The van der Waals surface area contributed by atoms with E-state index < -0.39 is 123 Å². The van der Waals surface area contributed by atoms with E-state index in [1.807, 2.05) is 34.6 Å². The van der Waals surface area contributed by atoms with Crippen molar-refractivity contribution in [1.29, 1.82) is 0 Å². The van der Waals surface area contributed by atoms with Crippen molar-refractivity contribution in [3.05, 3.63) is 47.0 Å². The Morgan fingerprint density at radius 3 is 1.97 bits per heavy atom. The van der Waals surface area contributed by atoms with Crippen molar-refractivity contribution >= 4 is 46.4 Å². The Kier molecular flexibility index (Phi) is 18.8. The lowest BCUT2D eigenvalue weighted by Crippen LogP contribution is -2.78. The first-order valence-corrected chi connectivity index (χ1v) is 31.9. The number of amides is 1. The molecule has 3 aliphatic carbocycles. The predicted octanol–water partition coefficient (Wildman–Crippen LogP) is 9.77. The van der Waals surface area contributed by atoms with Crippen LogP contribution in [-0.2, 0) is 46.9 Å². The molecule has 1 amide bonds. The van der Waals surface area contributed by atoms with Gasteiger partial charge in [0.1, 0.15) is 35.6 Å². The highest BCUT2D eigenvalue weighted by atomic mass is 28.4. The minimum absolute atomic E-state index is 0.0206. The standard InChI is InChI=1S/C55H89NO14Si2/c1-17-71(18-2,19-3)69-42-31-38-32-54(41(28-29-64-38)65-36(10)57)49(67-47(60)37-26-24-23-25-27-37)55(63)33-40(35(9)43(52(55,14)15)44(58)46(59)53(42,54)16)66-48(61)45(70-72(20-4,21-5)22-6)39(30-34(7)8)56-50(62)68-51(11,12)13/h23-27,34,38-42,44-45,49,58,63H,17-22,28-33H2,1-16H3,(H,56,62)/t38-,39+,40+,41-,42?,44-,45-,49+,53+,54?,55-/m1/s1. The van der Waals surface area contributed by atoms with Crippen LogP contribution in [0, 0.1) is 22.2 Å². The molecule has 1 aromatic rings. The lowest BCUT2D eigenvalue weighted by atomic mass is 9.41. The monoisotopic (exact) mass is 1040 g/mol. The fourth-order valence-corrected chi connectivity index (χ4v) is 18.6. The Hall–Kier alpha value is -3.46. The lowest BCUT2D eigenvalue weighted by Gasteiger charge is -2.67. The summed E-state index contributed by atoms with van der Waals surface area (Å²) in [5.41, 5.74) is -7.68. The number of hydrogen-bond donors (Lipinski definition) is 3. The average molecular weight is 1040 g/mol. The number of hydrogen-bond acceptors (Lipinski definition) is 14. The summed E-state index contributed by atoms with van der Waals surface area (Å²) in [6, 6.07) is 11.6. The van der Waals surface area contributed by atoms with Crippen molar-refractivity contribution in [2.24, 2.45) is 22.2 Å². The summed E-state index contributed by atoms with van der Waals surface area (Å²) in [6.07, 6.45) is -9.51. The van der Waals surface area contributed by atoms with Crippen molar-refractivity contribution in [3.63, 3.8) is 0 Å². The van der Waals surface area contributed by atoms with E-state index >= 15 is 9.59 Å². The first-order valence-electron chi connectivity index (χ1n) is 26.8. The molecule has 3 fully saturated rings. The second-order valence-corrected chi connectivity index (χ2v) is 32.7. The number of alkyl carbamates (subject to hydrolysis) is 1. The van der Waals surface area contributed by atoms with Gasteiger partial charge in [0.2, 0.25) is 0 Å². The van der Waals surface area contributed by atoms with Crippen LogP contribution in [0.3, 0.4) is 0 Å². The van der Waals surface area contributed by atoms with Gasteiger partial charge in [0.25, 0.3) is 0 Å². The van der Waals surface area contributed by atoms with Crippen molar-refractivity contribution in [2.45, 2.75) is 239 Å². The van der Waals surface area contributed by atoms with Crippen LogP contribution >= 0.6 is 0 Å². The highest BCUT2D eigenvalue weighted by molar-refractivity contribution is 6.74. The fourth-order valence-electron chi connectivity index (χ4n) is 12.9. The molecule has 3 N–H and O–H groups in total. The third-order valence-corrected chi connectivity index (χ3v) is 26.8. The van der Waals surface area contributed by atoms with Gasteiger partial charge in [0, 0.05) is 25.2 Å². The van der Waals surface area contributed by atoms with Crippen LogP contribution in [0.25, 0.3) is 0 Å². The molecule has 406 valence electrons. The molecular weight excluding hydrogens is 955 g/mol. The molecule has 1 heterocycles. The van der Waals surface area contributed by atoms with E-state index in [0.717, 1.165) is 18.1 Å². The Morgan fingerprint density at radius 1 is 0.861 bits per heavy atom. The van der Waals surface area contributed by atoms with Gasteiger partial charge >= 0.3 is 24.0 Å². The zero-order valence-electron chi connectivity index (χ0n) is 46.4. The molecular formula is C55H89NO14Si2. The van der Waals surface area contributed by atoms with E-state index in [1.54, 1.807) is 78.8 Å². The second kappa shape index (κ2) is 22.8. The summed E-state index contributed by atoms with van der Waals surface area (Å²) < 4.78 is 46.7. The zero-order chi connectivity index (χ0) is 54.0. The van der Waals surface area contributed by atoms with E-state index in [-0.39, 0.29) is 49.3 Å². The Morgan fingerprint density at radius 2 is 1.44 bits per heavy atom. The Bertz CT molecular complexity index is 2120. The maximum atomic E-state index is 16.4. The summed E-state index contributed by atoms with van der Waals surface area (Å²) in [5, 5.41) is 30.5. The highest BCUT2D eigenvalue weighted by Gasteiger charge is 2.78. The molecule has 1 aliphatic heterocycles. The van der Waals surface area contributed by atoms with Gasteiger partial charge in [-0.05, 0) is 119 Å². The van der Waals surface area contributed by atoms with Gasteiger partial charge in [-0.2, -0.15) is 0 Å². The van der Waals surface area contributed by atoms with Gasteiger partial charge in [-0.3, -0.25) is 9.59 Å². The van der Waals surface area contributed by atoms with Crippen LogP contribution in [0.1, 0.15) is 153 Å². The van der Waals surface area contributed by atoms with Crippen LogP contribution in [-0.4, -0.2) is 123 Å². The molecule has 1 spiro atoms. The predicted molar refractivity (Wildman–Crippen MR) is 279 cm³/mol. The minimum Gasteiger partial charge on any atom is -0.462 e. The molecule has 0 radical (unpaired) electrons. The number of ether oxygens (including phenoxy) is 5. The molecule has 11 atom stereocenters. The Balaban J connectivity index is 1.85. The number of aliphatic hydroxyl groups excluding tert-OH is 1. The molecule has 72 heavy (non-hydrogen) atoms. The van der Waals surface area contributed by atoms with Gasteiger partial charge in [0.15, 0.2) is 28.5 Å². The second-order valence-electron chi connectivity index (χ2n) is 23.3. The molecule has 5 rings (SSSR count). The number of Topliss-reactive ketones (excluding diaryl/α,β-unsaturated/α-hetero) is 1. The SMILES string of the molecule is CC[Si](CC)(CC)OC1C[C@@H]2CC3([C@H](OC(C)=O)CCO2)[C@H](OC(=O)c2ccccc2)[C@]2(O)C[C@H](OC(=O)[C@H](O[Si](CC)(CC)CC)[C@H](CC(C)C)NC(=O)OC(C)(C)C)C(C)=C([C@@H](O)C(=O)[C@]13C)C2(C)C. The molecule has 15 nitrogen and oxygen atoms in total. The van der Waals surface area contributed by atoms with Crippen LogP contribution in [0.2, 0.25) is 36.3 Å². The quantitative estimate of drug-likeness (QED) is 0.0511. The van der Waals surface area contributed by atoms with Crippen LogP contribution in [0.5, 0.6) is 0 Å². The number of esters is 3. The molecule has 2 unspecified atom stereocenters. The van der Waals surface area contributed by atoms with E-state index in [2.05, 4.69) is 26.1 Å². The first kappa shape index (κ1) is 59.4.